The number of para-hydroxylation sites is 1. The summed E-state index contributed by atoms with van der Waals surface area (Å²) < 4.78 is 24.5. The second-order valence-electron chi connectivity index (χ2n) is 5.09. The monoisotopic (exact) mass is 395 g/mol. The van der Waals surface area contributed by atoms with Crippen LogP contribution in [-0.4, -0.2) is 34.4 Å². The molecule has 1 N–H and O–H groups in total. The van der Waals surface area contributed by atoms with Crippen molar-refractivity contribution in [3.8, 4) is 0 Å². The van der Waals surface area contributed by atoms with E-state index in [1.54, 1.807) is 26.0 Å². The van der Waals surface area contributed by atoms with Crippen molar-refractivity contribution in [2.45, 2.75) is 18.2 Å². The number of esters is 1. The molecule has 26 heavy (non-hydrogen) atoms. The van der Waals surface area contributed by atoms with E-state index < -0.39 is 11.7 Å². The summed E-state index contributed by atoms with van der Waals surface area (Å²) in [6.45, 7) is 3.72. The Bertz CT molecular complexity index is 970. The molecule has 0 fully saturated rings. The van der Waals surface area contributed by atoms with Gasteiger partial charge in [-0.1, -0.05) is 35.2 Å². The third-order valence-corrected chi connectivity index (χ3v) is 5.31. The van der Waals surface area contributed by atoms with Gasteiger partial charge in [0.05, 0.1) is 12.4 Å². The SMILES string of the molecule is CCOC(=O)CSc1nnc(NC(=O)c2oc3c(F)cccc3c2C)s1. The van der Waals surface area contributed by atoms with Crippen molar-refractivity contribution in [3.05, 3.63) is 35.3 Å². The molecule has 0 spiro atoms. The largest absolute Gasteiger partial charge is 0.465 e. The lowest BCUT2D eigenvalue weighted by Gasteiger charge is -1.99. The number of carbonyl (C=O) groups excluding carboxylic acids is 2. The molecule has 3 rings (SSSR count). The number of aryl methyl sites for hydroxylation is 1. The Balaban J connectivity index is 1.70. The number of furan rings is 1. The second kappa shape index (κ2) is 7.83. The van der Waals surface area contributed by atoms with Crippen LogP contribution in [0.25, 0.3) is 11.0 Å². The molecule has 1 aromatic carbocycles. The highest BCUT2D eigenvalue weighted by Gasteiger charge is 2.21. The molecule has 0 saturated heterocycles. The number of carbonyl (C=O) groups is 2. The van der Waals surface area contributed by atoms with Crippen molar-refractivity contribution >= 4 is 51.1 Å². The van der Waals surface area contributed by atoms with Gasteiger partial charge in [0, 0.05) is 10.9 Å². The summed E-state index contributed by atoms with van der Waals surface area (Å²) in [5.74, 6) is -1.30. The number of rotatable bonds is 6. The highest BCUT2D eigenvalue weighted by atomic mass is 32.2. The predicted molar refractivity (Wildman–Crippen MR) is 96.1 cm³/mol. The first-order chi connectivity index (χ1) is 12.5. The summed E-state index contributed by atoms with van der Waals surface area (Å²) in [6.07, 6.45) is 0. The Morgan fingerprint density at radius 1 is 1.38 bits per heavy atom. The molecule has 0 atom stereocenters. The minimum atomic E-state index is -0.545. The van der Waals surface area contributed by atoms with Crippen molar-refractivity contribution in [1.29, 1.82) is 0 Å². The molecule has 0 aliphatic carbocycles. The minimum absolute atomic E-state index is 0.0148. The Labute approximate surface area is 155 Å². The molecule has 0 aliphatic heterocycles. The van der Waals surface area contributed by atoms with E-state index in [1.807, 2.05) is 0 Å². The molecular weight excluding hydrogens is 381 g/mol. The van der Waals surface area contributed by atoms with Crippen LogP contribution < -0.4 is 5.32 Å². The molecule has 2 heterocycles. The predicted octanol–water partition coefficient (Wildman–Crippen LogP) is 3.64. The van der Waals surface area contributed by atoms with Crippen LogP contribution in [-0.2, 0) is 9.53 Å². The highest BCUT2D eigenvalue weighted by Crippen LogP contribution is 2.29. The van der Waals surface area contributed by atoms with Crippen LogP contribution in [0.5, 0.6) is 0 Å². The highest BCUT2D eigenvalue weighted by molar-refractivity contribution is 8.01. The van der Waals surface area contributed by atoms with Gasteiger partial charge in [0.25, 0.3) is 5.91 Å². The van der Waals surface area contributed by atoms with Gasteiger partial charge >= 0.3 is 5.97 Å². The van der Waals surface area contributed by atoms with E-state index >= 15 is 0 Å². The van der Waals surface area contributed by atoms with Gasteiger partial charge in [-0.2, -0.15) is 0 Å². The Morgan fingerprint density at radius 2 is 2.19 bits per heavy atom. The molecule has 3 aromatic rings. The lowest BCUT2D eigenvalue weighted by atomic mass is 10.1. The summed E-state index contributed by atoms with van der Waals surface area (Å²) in [6, 6.07) is 4.51. The normalized spacial score (nSPS) is 10.9. The number of halogens is 1. The van der Waals surface area contributed by atoms with Gasteiger partial charge in [-0.25, -0.2) is 4.39 Å². The average Bonchev–Trinajstić information content (AvgIpc) is 3.19. The van der Waals surface area contributed by atoms with Crippen molar-refractivity contribution in [2.24, 2.45) is 0 Å². The second-order valence-corrected chi connectivity index (χ2v) is 7.29. The van der Waals surface area contributed by atoms with Crippen LogP contribution in [0, 0.1) is 12.7 Å². The van der Waals surface area contributed by atoms with E-state index in [4.69, 9.17) is 9.15 Å². The molecule has 7 nitrogen and oxygen atoms in total. The van der Waals surface area contributed by atoms with Gasteiger partial charge in [0.1, 0.15) is 0 Å². The maximum atomic E-state index is 13.8. The quantitative estimate of drug-likeness (QED) is 0.387. The summed E-state index contributed by atoms with van der Waals surface area (Å²) in [5.41, 5.74) is 0.580. The van der Waals surface area contributed by atoms with E-state index in [9.17, 15) is 14.0 Å². The number of thioether (sulfide) groups is 1. The number of hydrogen-bond donors (Lipinski definition) is 1. The zero-order chi connectivity index (χ0) is 18.7. The van der Waals surface area contributed by atoms with E-state index in [2.05, 4.69) is 15.5 Å². The lowest BCUT2D eigenvalue weighted by molar-refractivity contribution is -0.139. The molecule has 0 saturated carbocycles. The van der Waals surface area contributed by atoms with Crippen LogP contribution in [0.3, 0.4) is 0 Å². The molecule has 1 amide bonds. The first-order valence-electron chi connectivity index (χ1n) is 7.60. The standard InChI is InChI=1S/C16H14FN3O4S2/c1-3-23-11(21)7-25-16-20-19-15(26-16)18-14(22)12-8(2)9-5-4-6-10(17)13(9)24-12/h4-6H,3,7H2,1-2H3,(H,18,19,22). The van der Waals surface area contributed by atoms with Gasteiger partial charge in [0.15, 0.2) is 21.5 Å². The summed E-state index contributed by atoms with van der Waals surface area (Å²) in [4.78, 5) is 23.7. The van der Waals surface area contributed by atoms with Crippen LogP contribution in [0.4, 0.5) is 9.52 Å². The Hall–Kier alpha value is -2.46. The van der Waals surface area contributed by atoms with Gasteiger partial charge in [-0.3, -0.25) is 14.9 Å². The molecule has 0 unspecified atom stereocenters. The average molecular weight is 395 g/mol. The van der Waals surface area contributed by atoms with Gasteiger partial charge in [0.2, 0.25) is 5.13 Å². The van der Waals surface area contributed by atoms with Gasteiger partial charge < -0.3 is 9.15 Å². The van der Waals surface area contributed by atoms with Crippen molar-refractivity contribution in [3.63, 3.8) is 0 Å². The number of anilines is 1. The van der Waals surface area contributed by atoms with E-state index in [0.717, 1.165) is 11.3 Å². The maximum absolute atomic E-state index is 13.8. The molecule has 0 aliphatic rings. The molecule has 0 radical (unpaired) electrons. The van der Waals surface area contributed by atoms with E-state index in [-0.39, 0.29) is 28.2 Å². The molecule has 10 heteroatoms. The maximum Gasteiger partial charge on any atom is 0.316 e. The number of aromatic nitrogens is 2. The fourth-order valence-corrected chi connectivity index (χ4v) is 3.77. The van der Waals surface area contributed by atoms with Gasteiger partial charge in [-0.05, 0) is 19.9 Å². The van der Waals surface area contributed by atoms with Crippen molar-refractivity contribution < 1.29 is 23.1 Å². The Morgan fingerprint density at radius 3 is 2.92 bits per heavy atom. The van der Waals surface area contributed by atoms with Crippen molar-refractivity contribution in [2.75, 3.05) is 17.7 Å². The first-order valence-corrected chi connectivity index (χ1v) is 9.40. The fourth-order valence-electron chi connectivity index (χ4n) is 2.22. The van der Waals surface area contributed by atoms with Crippen LogP contribution >= 0.6 is 23.1 Å². The molecule has 2 aromatic heterocycles. The zero-order valence-electron chi connectivity index (χ0n) is 13.9. The first kappa shape index (κ1) is 18.3. The van der Waals surface area contributed by atoms with Crippen LogP contribution in [0.1, 0.15) is 23.0 Å². The number of ether oxygens (including phenoxy) is 1. The summed E-state index contributed by atoms with van der Waals surface area (Å²) in [5, 5.41) is 11.1. The smallest absolute Gasteiger partial charge is 0.316 e. The van der Waals surface area contributed by atoms with Crippen LogP contribution in [0.2, 0.25) is 0 Å². The number of benzene rings is 1. The molecular formula is C16H14FN3O4S2. The Kier molecular flexibility index (Phi) is 5.52. The fraction of sp³-hybridized carbons (Fsp3) is 0.250. The number of nitrogens with one attached hydrogen (secondary N) is 1. The van der Waals surface area contributed by atoms with E-state index in [0.29, 0.717) is 21.9 Å². The third-order valence-electron chi connectivity index (χ3n) is 3.37. The van der Waals surface area contributed by atoms with Gasteiger partial charge in [-0.15, -0.1) is 10.2 Å². The number of fused-ring (bicyclic) bond motifs is 1. The minimum Gasteiger partial charge on any atom is -0.465 e. The number of nitrogens with zero attached hydrogens (tertiary/aromatic N) is 2. The third kappa shape index (κ3) is 3.86. The zero-order valence-corrected chi connectivity index (χ0v) is 15.5. The molecule has 0 bridgehead atoms. The number of hydrogen-bond acceptors (Lipinski definition) is 8. The summed E-state index contributed by atoms with van der Waals surface area (Å²) in [7, 11) is 0. The lowest BCUT2D eigenvalue weighted by Crippen LogP contribution is -2.11. The summed E-state index contributed by atoms with van der Waals surface area (Å²) >= 11 is 2.28. The van der Waals surface area contributed by atoms with E-state index in [1.165, 1.54) is 17.8 Å². The van der Waals surface area contributed by atoms with Crippen LogP contribution in [0.15, 0.2) is 27.0 Å². The van der Waals surface area contributed by atoms with Crippen molar-refractivity contribution in [1.82, 2.24) is 10.2 Å². The molecule has 136 valence electrons. The topological polar surface area (TPSA) is 94.3 Å². The number of amides is 1.